The molecule has 0 aliphatic rings. The molecule has 13 nitrogen and oxygen atoms in total. The van der Waals surface area contributed by atoms with Crippen molar-refractivity contribution in [3.8, 4) is 5.75 Å². The summed E-state index contributed by atoms with van der Waals surface area (Å²) in [4.78, 5) is 59.9. The van der Waals surface area contributed by atoms with Crippen LogP contribution in [0.15, 0.2) is 24.3 Å². The number of rotatable bonds is 13. The highest BCUT2D eigenvalue weighted by Gasteiger charge is 2.33. The molecular weight excluding hydrogens is 472 g/mol. The lowest BCUT2D eigenvalue weighted by Gasteiger charge is -2.26. The molecule has 0 aliphatic carbocycles. The molecule has 3 amide bonds. The van der Waals surface area contributed by atoms with E-state index in [0.717, 1.165) is 0 Å². The van der Waals surface area contributed by atoms with Crippen molar-refractivity contribution in [3.05, 3.63) is 29.8 Å². The Morgan fingerprint density at radius 3 is 1.97 bits per heavy atom. The van der Waals surface area contributed by atoms with Crippen LogP contribution in [0.4, 0.5) is 0 Å². The van der Waals surface area contributed by atoms with Crippen LogP contribution in [-0.2, 0) is 30.4 Å². The summed E-state index contributed by atoms with van der Waals surface area (Å²) >= 11 is 3.89. The molecule has 0 heterocycles. The zero-order valence-electron chi connectivity index (χ0n) is 18.2. The maximum Gasteiger partial charge on any atom is 0.326 e. The predicted molar refractivity (Wildman–Crippen MR) is 121 cm³/mol. The second kappa shape index (κ2) is 13.4. The highest BCUT2D eigenvalue weighted by molar-refractivity contribution is 7.80. The minimum Gasteiger partial charge on any atom is -0.508 e. The van der Waals surface area contributed by atoms with E-state index in [-0.39, 0.29) is 17.9 Å². The fourth-order valence-corrected chi connectivity index (χ4v) is 2.90. The second-order valence-corrected chi connectivity index (χ2v) is 7.81. The number of carboxylic acid groups (broad SMARTS) is 2. The number of thiol groups is 1. The van der Waals surface area contributed by atoms with E-state index in [0.29, 0.717) is 5.56 Å². The van der Waals surface area contributed by atoms with Crippen LogP contribution in [0, 0.1) is 0 Å². The lowest BCUT2D eigenvalue weighted by atomic mass is 10.0. The summed E-state index contributed by atoms with van der Waals surface area (Å²) in [5.74, 6) is -5.92. The van der Waals surface area contributed by atoms with Gasteiger partial charge in [-0.15, -0.1) is 0 Å². The van der Waals surface area contributed by atoms with Gasteiger partial charge in [-0.3, -0.25) is 19.2 Å². The number of carboxylic acids is 2. The van der Waals surface area contributed by atoms with E-state index in [1.165, 1.54) is 31.2 Å². The van der Waals surface area contributed by atoms with Crippen molar-refractivity contribution in [1.29, 1.82) is 0 Å². The van der Waals surface area contributed by atoms with Crippen LogP contribution in [-0.4, -0.2) is 86.1 Å². The van der Waals surface area contributed by atoms with Crippen molar-refractivity contribution in [2.75, 3.05) is 5.75 Å². The summed E-state index contributed by atoms with van der Waals surface area (Å²) in [7, 11) is 0. The Morgan fingerprint density at radius 2 is 1.50 bits per heavy atom. The number of aliphatic hydroxyl groups is 1. The lowest BCUT2D eigenvalue weighted by Crippen LogP contribution is -2.60. The van der Waals surface area contributed by atoms with E-state index in [9.17, 15) is 39.3 Å². The molecule has 0 aliphatic heterocycles. The number of hydrogen-bond donors (Lipinski definition) is 9. The SMILES string of the molecule is CC(O)C(NC(=O)C(N)CS)C(=O)NC(Cc1ccc(O)cc1)C(=O)NC(CC(=O)O)C(=O)O. The van der Waals surface area contributed by atoms with Crippen LogP contribution in [0.5, 0.6) is 5.75 Å². The largest absolute Gasteiger partial charge is 0.508 e. The Balaban J connectivity index is 3.14. The number of benzene rings is 1. The van der Waals surface area contributed by atoms with Gasteiger partial charge in [0.2, 0.25) is 17.7 Å². The van der Waals surface area contributed by atoms with Gasteiger partial charge < -0.3 is 42.1 Å². The maximum atomic E-state index is 12.8. The summed E-state index contributed by atoms with van der Waals surface area (Å²) in [5.41, 5.74) is 6.02. The molecule has 0 radical (unpaired) electrons. The van der Waals surface area contributed by atoms with Crippen LogP contribution in [0.2, 0.25) is 0 Å². The molecule has 0 bridgehead atoms. The lowest BCUT2D eigenvalue weighted by molar-refractivity contribution is -0.147. The average Bonchev–Trinajstić information content (AvgIpc) is 2.76. The number of nitrogens with one attached hydrogen (secondary N) is 3. The first-order chi connectivity index (χ1) is 15.8. The average molecular weight is 501 g/mol. The Hall–Kier alpha value is -3.36. The maximum absolute atomic E-state index is 12.8. The van der Waals surface area contributed by atoms with E-state index in [1.54, 1.807) is 0 Å². The van der Waals surface area contributed by atoms with E-state index < -0.39 is 66.4 Å². The molecule has 5 atom stereocenters. The highest BCUT2D eigenvalue weighted by atomic mass is 32.1. The number of amides is 3. The van der Waals surface area contributed by atoms with Gasteiger partial charge >= 0.3 is 11.9 Å². The molecule has 1 aromatic rings. The topological polar surface area (TPSA) is 228 Å². The van der Waals surface area contributed by atoms with Crippen LogP contribution in [0.25, 0.3) is 0 Å². The van der Waals surface area contributed by atoms with Gasteiger partial charge in [-0.05, 0) is 24.6 Å². The normalized spacial score (nSPS) is 15.2. The van der Waals surface area contributed by atoms with Crippen molar-refractivity contribution in [1.82, 2.24) is 16.0 Å². The fourth-order valence-electron chi connectivity index (χ4n) is 2.73. The molecule has 188 valence electrons. The van der Waals surface area contributed by atoms with Gasteiger partial charge in [0.05, 0.1) is 18.6 Å². The van der Waals surface area contributed by atoms with Crippen LogP contribution >= 0.6 is 12.6 Å². The van der Waals surface area contributed by atoms with E-state index in [4.69, 9.17) is 10.8 Å². The van der Waals surface area contributed by atoms with Crippen LogP contribution in [0.1, 0.15) is 18.9 Å². The van der Waals surface area contributed by atoms with Gasteiger partial charge in [-0.25, -0.2) is 4.79 Å². The highest BCUT2D eigenvalue weighted by Crippen LogP contribution is 2.12. The molecular formula is C20H28N4O9S. The summed E-state index contributed by atoms with van der Waals surface area (Å²) in [6.45, 7) is 1.22. The monoisotopic (exact) mass is 500 g/mol. The van der Waals surface area contributed by atoms with Crippen LogP contribution in [0.3, 0.4) is 0 Å². The van der Waals surface area contributed by atoms with Gasteiger partial charge in [0.25, 0.3) is 0 Å². The van der Waals surface area contributed by atoms with Crippen molar-refractivity contribution < 1.29 is 44.4 Å². The van der Waals surface area contributed by atoms with E-state index in [2.05, 4.69) is 28.6 Å². The number of aliphatic carboxylic acids is 2. The van der Waals surface area contributed by atoms with Gasteiger partial charge in [0, 0.05) is 12.2 Å². The first kappa shape index (κ1) is 28.7. The second-order valence-electron chi connectivity index (χ2n) is 7.44. The van der Waals surface area contributed by atoms with E-state index >= 15 is 0 Å². The number of aromatic hydroxyl groups is 1. The van der Waals surface area contributed by atoms with Crippen molar-refractivity contribution in [2.24, 2.45) is 5.73 Å². The van der Waals surface area contributed by atoms with Crippen molar-refractivity contribution in [2.45, 2.75) is 50.0 Å². The minimum atomic E-state index is -1.77. The van der Waals surface area contributed by atoms with Gasteiger partial charge in [0.1, 0.15) is 23.9 Å². The number of aliphatic hydroxyl groups excluding tert-OH is 1. The molecule has 0 aromatic heterocycles. The van der Waals surface area contributed by atoms with Gasteiger partial charge in [-0.1, -0.05) is 12.1 Å². The number of carbonyl (C=O) groups is 5. The quantitative estimate of drug-likeness (QED) is 0.130. The fraction of sp³-hybridized carbons (Fsp3) is 0.450. The summed E-state index contributed by atoms with van der Waals surface area (Å²) in [6.07, 6.45) is -2.49. The molecule has 0 saturated heterocycles. The zero-order chi connectivity index (χ0) is 26.0. The first-order valence-electron chi connectivity index (χ1n) is 10.0. The number of phenols is 1. The van der Waals surface area contributed by atoms with Crippen LogP contribution < -0.4 is 21.7 Å². The van der Waals surface area contributed by atoms with Crippen molar-refractivity contribution in [3.63, 3.8) is 0 Å². The molecule has 5 unspecified atom stereocenters. The molecule has 34 heavy (non-hydrogen) atoms. The summed E-state index contributed by atoms with van der Waals surface area (Å²) < 4.78 is 0. The third kappa shape index (κ3) is 9.25. The minimum absolute atomic E-state index is 0.0357. The Labute approximate surface area is 200 Å². The van der Waals surface area contributed by atoms with Gasteiger partial charge in [0.15, 0.2) is 0 Å². The molecule has 1 aromatic carbocycles. The number of nitrogens with two attached hydrogens (primary N) is 1. The molecule has 1 rings (SSSR count). The summed E-state index contributed by atoms with van der Waals surface area (Å²) in [5, 5.41) is 44.1. The third-order valence-electron chi connectivity index (χ3n) is 4.60. The molecule has 0 saturated carbocycles. The Bertz CT molecular complexity index is 895. The smallest absolute Gasteiger partial charge is 0.326 e. The predicted octanol–water partition coefficient (Wildman–Crippen LogP) is -2.41. The standard InChI is InChI=1S/C20H28N4O9S/c1-9(25)16(24-17(29)12(21)8-34)19(31)22-13(6-10-2-4-11(26)5-3-10)18(30)23-14(20(32)33)7-15(27)28/h2-5,9,12-14,16,25-26,34H,6-8,21H2,1H3,(H,22,31)(H,23,30)(H,24,29)(H,27,28)(H,32,33). The Morgan fingerprint density at radius 1 is 0.941 bits per heavy atom. The van der Waals surface area contributed by atoms with E-state index in [1.807, 2.05) is 0 Å². The number of phenolic OH excluding ortho intramolecular Hbond substituents is 1. The Kier molecular flexibility index (Phi) is 11.3. The number of hydrogen-bond acceptors (Lipinski definition) is 9. The third-order valence-corrected chi connectivity index (χ3v) is 4.99. The number of carbonyl (C=O) groups excluding carboxylic acids is 3. The molecule has 0 spiro atoms. The first-order valence-corrected chi connectivity index (χ1v) is 10.7. The zero-order valence-corrected chi connectivity index (χ0v) is 19.1. The van der Waals surface area contributed by atoms with Crippen molar-refractivity contribution >= 4 is 42.3 Å². The summed E-state index contributed by atoms with van der Waals surface area (Å²) in [6, 6.07) is -0.221. The molecule has 9 N–H and O–H groups in total. The molecule has 14 heteroatoms. The molecule has 0 fully saturated rings. The van der Waals surface area contributed by atoms with Gasteiger partial charge in [-0.2, -0.15) is 12.6 Å².